The summed E-state index contributed by atoms with van der Waals surface area (Å²) in [6, 6.07) is 7.85. The van der Waals surface area contributed by atoms with Crippen molar-refractivity contribution in [3.63, 3.8) is 0 Å². The molecule has 1 rings (SSSR count). The van der Waals surface area contributed by atoms with Gasteiger partial charge in [-0.25, -0.2) is 0 Å². The fourth-order valence-electron chi connectivity index (χ4n) is 1.82. The van der Waals surface area contributed by atoms with E-state index in [4.69, 9.17) is 4.74 Å². The Morgan fingerprint density at radius 3 is 2.58 bits per heavy atom. The van der Waals surface area contributed by atoms with Crippen molar-refractivity contribution in [3.05, 3.63) is 29.8 Å². The summed E-state index contributed by atoms with van der Waals surface area (Å²) in [6.45, 7) is 7.40. The SMILES string of the molecule is COCC(C)CNC(=O)c1ccccc1NC(C)C. The van der Waals surface area contributed by atoms with Gasteiger partial charge in [-0.3, -0.25) is 4.79 Å². The highest BCUT2D eigenvalue weighted by atomic mass is 16.5. The zero-order valence-electron chi connectivity index (χ0n) is 12.2. The van der Waals surface area contributed by atoms with Crippen LogP contribution in [0.4, 0.5) is 5.69 Å². The normalized spacial score (nSPS) is 12.3. The molecule has 0 bridgehead atoms. The van der Waals surface area contributed by atoms with Gasteiger partial charge in [-0.15, -0.1) is 0 Å². The molecule has 1 atom stereocenters. The topological polar surface area (TPSA) is 50.4 Å². The minimum Gasteiger partial charge on any atom is -0.384 e. The predicted molar refractivity (Wildman–Crippen MR) is 78.6 cm³/mol. The summed E-state index contributed by atoms with van der Waals surface area (Å²) in [5.41, 5.74) is 1.55. The Labute approximate surface area is 115 Å². The average Bonchev–Trinajstić information content (AvgIpc) is 2.36. The van der Waals surface area contributed by atoms with Crippen molar-refractivity contribution in [2.45, 2.75) is 26.8 Å². The van der Waals surface area contributed by atoms with E-state index in [1.54, 1.807) is 7.11 Å². The van der Waals surface area contributed by atoms with Gasteiger partial charge in [0, 0.05) is 25.4 Å². The monoisotopic (exact) mass is 264 g/mol. The lowest BCUT2D eigenvalue weighted by atomic mass is 10.1. The minimum absolute atomic E-state index is 0.0493. The Kier molecular flexibility index (Phi) is 6.36. The first-order chi connectivity index (χ1) is 9.04. The van der Waals surface area contributed by atoms with Gasteiger partial charge in [0.15, 0.2) is 0 Å². The van der Waals surface area contributed by atoms with Crippen LogP contribution in [0.2, 0.25) is 0 Å². The fraction of sp³-hybridized carbons (Fsp3) is 0.533. The molecule has 106 valence electrons. The standard InChI is InChI=1S/C15H24N2O2/c1-11(2)17-14-8-6-5-7-13(14)15(18)16-9-12(3)10-19-4/h5-8,11-12,17H,9-10H2,1-4H3,(H,16,18). The van der Waals surface area contributed by atoms with E-state index in [2.05, 4.69) is 24.5 Å². The van der Waals surface area contributed by atoms with Gasteiger partial charge in [0.25, 0.3) is 5.91 Å². The van der Waals surface area contributed by atoms with Gasteiger partial charge in [0.2, 0.25) is 0 Å². The molecule has 0 aliphatic rings. The number of hydrogen-bond acceptors (Lipinski definition) is 3. The highest BCUT2D eigenvalue weighted by Crippen LogP contribution is 2.15. The third-order valence-electron chi connectivity index (χ3n) is 2.68. The van der Waals surface area contributed by atoms with E-state index in [-0.39, 0.29) is 5.91 Å². The van der Waals surface area contributed by atoms with Crippen molar-refractivity contribution in [2.75, 3.05) is 25.6 Å². The maximum atomic E-state index is 12.2. The van der Waals surface area contributed by atoms with Crippen molar-refractivity contribution >= 4 is 11.6 Å². The first-order valence-electron chi connectivity index (χ1n) is 6.67. The van der Waals surface area contributed by atoms with Crippen molar-refractivity contribution in [1.82, 2.24) is 5.32 Å². The Morgan fingerprint density at radius 2 is 1.95 bits per heavy atom. The molecule has 0 aliphatic carbocycles. The second kappa shape index (κ2) is 7.79. The van der Waals surface area contributed by atoms with Gasteiger partial charge in [-0.2, -0.15) is 0 Å². The molecule has 19 heavy (non-hydrogen) atoms. The lowest BCUT2D eigenvalue weighted by molar-refractivity contribution is 0.0935. The second-order valence-corrected chi connectivity index (χ2v) is 5.12. The molecule has 4 heteroatoms. The second-order valence-electron chi connectivity index (χ2n) is 5.12. The van der Waals surface area contributed by atoms with Crippen molar-refractivity contribution < 1.29 is 9.53 Å². The van der Waals surface area contributed by atoms with E-state index in [0.717, 1.165) is 5.69 Å². The maximum absolute atomic E-state index is 12.2. The van der Waals surface area contributed by atoms with Crippen LogP contribution in [0.25, 0.3) is 0 Å². The Balaban J connectivity index is 2.66. The largest absolute Gasteiger partial charge is 0.384 e. The van der Waals surface area contributed by atoms with Gasteiger partial charge in [-0.1, -0.05) is 19.1 Å². The zero-order chi connectivity index (χ0) is 14.3. The van der Waals surface area contributed by atoms with E-state index >= 15 is 0 Å². The summed E-state index contributed by atoms with van der Waals surface area (Å²) < 4.78 is 5.05. The van der Waals surface area contributed by atoms with Crippen LogP contribution in [0.5, 0.6) is 0 Å². The summed E-state index contributed by atoms with van der Waals surface area (Å²) in [6.07, 6.45) is 0. The number of methoxy groups -OCH3 is 1. The molecule has 0 radical (unpaired) electrons. The summed E-state index contributed by atoms with van der Waals surface area (Å²) in [5.74, 6) is 0.255. The summed E-state index contributed by atoms with van der Waals surface area (Å²) >= 11 is 0. The molecular weight excluding hydrogens is 240 g/mol. The molecule has 0 saturated heterocycles. The van der Waals surface area contributed by atoms with Crippen LogP contribution < -0.4 is 10.6 Å². The lowest BCUT2D eigenvalue weighted by Crippen LogP contribution is -2.30. The van der Waals surface area contributed by atoms with Gasteiger partial charge >= 0.3 is 0 Å². The van der Waals surface area contributed by atoms with Gasteiger partial charge < -0.3 is 15.4 Å². The number of benzene rings is 1. The van der Waals surface area contributed by atoms with Crippen LogP contribution in [0.3, 0.4) is 0 Å². The number of carbonyl (C=O) groups excluding carboxylic acids is 1. The summed E-state index contributed by atoms with van der Waals surface area (Å²) in [7, 11) is 1.67. The molecule has 1 amide bonds. The van der Waals surface area contributed by atoms with Crippen molar-refractivity contribution in [3.8, 4) is 0 Å². The number of ether oxygens (including phenoxy) is 1. The molecule has 0 aliphatic heterocycles. The van der Waals surface area contributed by atoms with E-state index in [9.17, 15) is 4.79 Å². The van der Waals surface area contributed by atoms with E-state index in [1.807, 2.05) is 31.2 Å². The number of rotatable bonds is 7. The Bertz CT molecular complexity index is 405. The first kappa shape index (κ1) is 15.5. The number of para-hydroxylation sites is 1. The number of nitrogens with one attached hydrogen (secondary N) is 2. The predicted octanol–water partition coefficient (Wildman–Crippen LogP) is 2.52. The molecule has 0 fully saturated rings. The van der Waals surface area contributed by atoms with E-state index in [1.165, 1.54) is 0 Å². The number of anilines is 1. The van der Waals surface area contributed by atoms with Crippen LogP contribution in [-0.4, -0.2) is 32.2 Å². The number of amides is 1. The van der Waals surface area contributed by atoms with Crippen LogP contribution in [0.1, 0.15) is 31.1 Å². The molecule has 0 aromatic heterocycles. The number of carbonyl (C=O) groups is 1. The van der Waals surface area contributed by atoms with Gasteiger partial charge in [0.1, 0.15) is 0 Å². The molecular formula is C15H24N2O2. The maximum Gasteiger partial charge on any atom is 0.253 e. The highest BCUT2D eigenvalue weighted by Gasteiger charge is 2.12. The van der Waals surface area contributed by atoms with E-state index < -0.39 is 0 Å². The van der Waals surface area contributed by atoms with Gasteiger partial charge in [0.05, 0.1) is 12.2 Å². The third-order valence-corrected chi connectivity index (χ3v) is 2.68. The molecule has 2 N–H and O–H groups in total. The molecule has 0 spiro atoms. The van der Waals surface area contributed by atoms with Crippen molar-refractivity contribution in [1.29, 1.82) is 0 Å². The van der Waals surface area contributed by atoms with Crippen LogP contribution >= 0.6 is 0 Å². The lowest BCUT2D eigenvalue weighted by Gasteiger charge is -2.16. The molecule has 1 aromatic carbocycles. The van der Waals surface area contributed by atoms with E-state index in [0.29, 0.717) is 30.7 Å². The van der Waals surface area contributed by atoms with Crippen LogP contribution in [0, 0.1) is 5.92 Å². The molecule has 1 unspecified atom stereocenters. The smallest absolute Gasteiger partial charge is 0.253 e. The van der Waals surface area contributed by atoms with Crippen molar-refractivity contribution in [2.24, 2.45) is 5.92 Å². The first-order valence-corrected chi connectivity index (χ1v) is 6.67. The molecule has 0 heterocycles. The van der Waals surface area contributed by atoms with Gasteiger partial charge in [-0.05, 0) is 31.9 Å². The highest BCUT2D eigenvalue weighted by molar-refractivity contribution is 5.99. The Hall–Kier alpha value is -1.55. The molecule has 1 aromatic rings. The Morgan fingerprint density at radius 1 is 1.26 bits per heavy atom. The molecule has 4 nitrogen and oxygen atoms in total. The zero-order valence-corrected chi connectivity index (χ0v) is 12.2. The average molecular weight is 264 g/mol. The van der Waals surface area contributed by atoms with Crippen LogP contribution in [0.15, 0.2) is 24.3 Å². The third kappa shape index (κ3) is 5.30. The summed E-state index contributed by atoms with van der Waals surface area (Å²) in [4.78, 5) is 12.2. The minimum atomic E-state index is -0.0493. The quantitative estimate of drug-likeness (QED) is 0.795. The number of hydrogen-bond donors (Lipinski definition) is 2. The fourth-order valence-corrected chi connectivity index (χ4v) is 1.82. The van der Waals surface area contributed by atoms with Crippen LogP contribution in [-0.2, 0) is 4.74 Å². The summed E-state index contributed by atoms with van der Waals surface area (Å²) in [5, 5.41) is 6.22. The molecule has 0 saturated carbocycles.